The monoisotopic (exact) mass is 484 g/mol. The van der Waals surface area contributed by atoms with Gasteiger partial charge in [-0.15, -0.1) is 0 Å². The number of nitrogens with zero attached hydrogens (tertiary/aromatic N) is 3. The third kappa shape index (κ3) is 4.22. The second kappa shape index (κ2) is 9.11. The third-order valence-corrected chi connectivity index (χ3v) is 9.02. The van der Waals surface area contributed by atoms with Crippen molar-refractivity contribution in [3.8, 4) is 0 Å². The molecule has 1 saturated heterocycles. The summed E-state index contributed by atoms with van der Waals surface area (Å²) in [5.74, 6) is -0.218. The number of benzene rings is 2. The summed E-state index contributed by atoms with van der Waals surface area (Å²) in [5, 5.41) is 2.62. The van der Waals surface area contributed by atoms with Crippen LogP contribution < -0.4 is 5.32 Å². The van der Waals surface area contributed by atoms with Gasteiger partial charge in [0, 0.05) is 25.0 Å². The lowest BCUT2D eigenvalue weighted by Gasteiger charge is -2.30. The fourth-order valence-electron chi connectivity index (χ4n) is 5.29. The molecule has 7 nitrogen and oxygen atoms in total. The first kappa shape index (κ1) is 23.0. The van der Waals surface area contributed by atoms with Crippen LogP contribution in [0.15, 0.2) is 47.4 Å². The highest BCUT2D eigenvalue weighted by Gasteiger charge is 2.33. The maximum atomic E-state index is 13.8. The molecule has 5 rings (SSSR count). The van der Waals surface area contributed by atoms with Crippen LogP contribution in [0.1, 0.15) is 50.4 Å². The highest BCUT2D eigenvalue weighted by Crippen LogP contribution is 2.34. The molecule has 2 aliphatic rings. The van der Waals surface area contributed by atoms with E-state index in [2.05, 4.69) is 14.9 Å². The summed E-state index contributed by atoms with van der Waals surface area (Å²) in [4.78, 5) is 17.5. The van der Waals surface area contributed by atoms with Gasteiger partial charge in [-0.25, -0.2) is 17.8 Å². The van der Waals surface area contributed by atoms with Crippen molar-refractivity contribution < 1.29 is 17.6 Å². The highest BCUT2D eigenvalue weighted by molar-refractivity contribution is 7.89. The summed E-state index contributed by atoms with van der Waals surface area (Å²) in [6.07, 6.45) is 5.46. The molecule has 2 aromatic carbocycles. The zero-order valence-electron chi connectivity index (χ0n) is 19.2. The number of para-hydroxylation sites is 1. The Bertz CT molecular complexity index is 1320. The molecule has 1 saturated carbocycles. The van der Waals surface area contributed by atoms with Crippen LogP contribution in [0, 0.1) is 18.7 Å². The number of piperidine rings is 1. The smallest absolute Gasteiger partial charge is 0.243 e. The largest absolute Gasteiger partial charge is 0.325 e. The average molecular weight is 485 g/mol. The number of hydrogen-bond donors (Lipinski definition) is 1. The van der Waals surface area contributed by atoms with E-state index in [1.165, 1.54) is 29.3 Å². The molecule has 1 aromatic heterocycles. The number of nitrogens with one attached hydrogen (secondary N) is 1. The summed E-state index contributed by atoms with van der Waals surface area (Å²) in [6.45, 7) is 2.46. The van der Waals surface area contributed by atoms with E-state index < -0.39 is 15.8 Å². The van der Waals surface area contributed by atoms with Crippen LogP contribution in [0.5, 0.6) is 0 Å². The Morgan fingerprint density at radius 2 is 1.76 bits per heavy atom. The number of sulfonamides is 1. The molecule has 1 aliphatic carbocycles. The summed E-state index contributed by atoms with van der Waals surface area (Å²) >= 11 is 0. The molecular weight excluding hydrogens is 455 g/mol. The van der Waals surface area contributed by atoms with Crippen molar-refractivity contribution >= 4 is 32.7 Å². The molecule has 0 radical (unpaired) electrons. The molecule has 0 bridgehead atoms. The third-order valence-electron chi connectivity index (χ3n) is 7.12. The molecule has 9 heteroatoms. The summed E-state index contributed by atoms with van der Waals surface area (Å²) in [5.41, 5.74) is 1.82. The van der Waals surface area contributed by atoms with Crippen molar-refractivity contribution in [2.24, 2.45) is 5.92 Å². The van der Waals surface area contributed by atoms with E-state index in [0.717, 1.165) is 24.2 Å². The molecule has 34 heavy (non-hydrogen) atoms. The number of halogens is 1. The highest BCUT2D eigenvalue weighted by atomic mass is 32.2. The van der Waals surface area contributed by atoms with Gasteiger partial charge in [-0.3, -0.25) is 4.79 Å². The number of carbonyl (C=O) groups excluding carboxylic acids is 1. The van der Waals surface area contributed by atoms with Gasteiger partial charge >= 0.3 is 0 Å². The molecule has 0 spiro atoms. The molecule has 1 aliphatic heterocycles. The predicted octanol–water partition coefficient (Wildman–Crippen LogP) is 4.64. The Kier molecular flexibility index (Phi) is 6.16. The maximum Gasteiger partial charge on any atom is 0.243 e. The van der Waals surface area contributed by atoms with Crippen LogP contribution in [0.2, 0.25) is 0 Å². The van der Waals surface area contributed by atoms with Gasteiger partial charge in [-0.05, 0) is 62.9 Å². The zero-order valence-corrected chi connectivity index (χ0v) is 20.0. The number of carbonyl (C=O) groups is 1. The number of aryl methyl sites for hydroxylation is 1. The molecule has 2 fully saturated rings. The van der Waals surface area contributed by atoms with Gasteiger partial charge in [-0.2, -0.15) is 4.31 Å². The minimum atomic E-state index is -3.70. The van der Waals surface area contributed by atoms with Crippen LogP contribution in [0.25, 0.3) is 11.0 Å². The minimum Gasteiger partial charge on any atom is -0.325 e. The van der Waals surface area contributed by atoms with E-state index in [4.69, 9.17) is 0 Å². The quantitative estimate of drug-likeness (QED) is 0.572. The van der Waals surface area contributed by atoms with Gasteiger partial charge in [0.15, 0.2) is 0 Å². The Labute approximate surface area is 199 Å². The van der Waals surface area contributed by atoms with Crippen molar-refractivity contribution in [1.82, 2.24) is 13.9 Å². The molecule has 0 unspecified atom stereocenters. The average Bonchev–Trinajstić information content (AvgIpc) is 3.46. The van der Waals surface area contributed by atoms with Crippen LogP contribution in [-0.4, -0.2) is 41.3 Å². The lowest BCUT2D eigenvalue weighted by molar-refractivity contribution is -0.120. The number of hydrogen-bond acceptors (Lipinski definition) is 4. The fourth-order valence-corrected chi connectivity index (χ4v) is 6.78. The maximum absolute atomic E-state index is 13.8. The van der Waals surface area contributed by atoms with E-state index in [1.807, 2.05) is 13.0 Å². The van der Waals surface area contributed by atoms with E-state index in [-0.39, 0.29) is 35.5 Å². The summed E-state index contributed by atoms with van der Waals surface area (Å²) in [7, 11) is -3.70. The second-order valence-electron chi connectivity index (χ2n) is 9.27. The van der Waals surface area contributed by atoms with Gasteiger partial charge < -0.3 is 9.88 Å². The first-order chi connectivity index (χ1) is 16.3. The van der Waals surface area contributed by atoms with Crippen LogP contribution in [0.4, 0.5) is 10.1 Å². The van der Waals surface area contributed by atoms with Crippen LogP contribution in [0.3, 0.4) is 0 Å². The van der Waals surface area contributed by atoms with Gasteiger partial charge in [-0.1, -0.05) is 25.0 Å². The summed E-state index contributed by atoms with van der Waals surface area (Å²) in [6, 6.07) is 11.7. The number of aromatic nitrogens is 2. The number of rotatable bonds is 5. The number of anilines is 1. The van der Waals surface area contributed by atoms with Gasteiger partial charge in [0.25, 0.3) is 0 Å². The van der Waals surface area contributed by atoms with Gasteiger partial charge in [0.2, 0.25) is 15.9 Å². The normalized spacial score (nSPS) is 18.5. The van der Waals surface area contributed by atoms with Gasteiger partial charge in [0.1, 0.15) is 11.6 Å². The lowest BCUT2D eigenvalue weighted by atomic mass is 9.97. The number of fused-ring (bicyclic) bond motifs is 1. The Morgan fingerprint density at radius 3 is 2.47 bits per heavy atom. The first-order valence-corrected chi connectivity index (χ1v) is 13.3. The Hall–Kier alpha value is -2.78. The number of amides is 1. The standard InChI is InChI=1S/C25H29FN4O3S/c1-17-27-23-16-20(10-11-24(23)30(17)19-6-2-3-7-19)34(32,33)29-14-12-18(13-15-29)25(31)28-22-9-5-4-8-21(22)26/h4-5,8-11,16,18-19H,2-3,6-7,12-15H2,1H3,(H,28,31). The molecular formula is C25H29FN4O3S. The van der Waals surface area contributed by atoms with Crippen molar-refractivity contribution in [2.45, 2.75) is 56.4 Å². The molecule has 1 N–H and O–H groups in total. The fraction of sp³-hybridized carbons (Fsp3) is 0.440. The van der Waals surface area contributed by atoms with E-state index in [9.17, 15) is 17.6 Å². The zero-order chi connectivity index (χ0) is 23.9. The SMILES string of the molecule is Cc1nc2cc(S(=O)(=O)N3CCC(C(=O)Nc4ccccc4F)CC3)ccc2n1C1CCCC1. The van der Waals surface area contributed by atoms with E-state index in [1.54, 1.807) is 24.3 Å². The number of imidazole rings is 1. The molecule has 2 heterocycles. The van der Waals surface area contributed by atoms with Crippen LogP contribution >= 0.6 is 0 Å². The van der Waals surface area contributed by atoms with Crippen molar-refractivity contribution in [3.05, 3.63) is 54.1 Å². The van der Waals surface area contributed by atoms with Crippen molar-refractivity contribution in [3.63, 3.8) is 0 Å². The van der Waals surface area contributed by atoms with Crippen LogP contribution in [-0.2, 0) is 14.8 Å². The Balaban J connectivity index is 1.29. The van der Waals surface area contributed by atoms with Crippen molar-refractivity contribution in [2.75, 3.05) is 18.4 Å². The summed E-state index contributed by atoms with van der Waals surface area (Å²) < 4.78 is 44.2. The molecule has 3 aromatic rings. The lowest BCUT2D eigenvalue weighted by Crippen LogP contribution is -2.41. The first-order valence-electron chi connectivity index (χ1n) is 11.9. The van der Waals surface area contributed by atoms with E-state index in [0.29, 0.717) is 24.4 Å². The predicted molar refractivity (Wildman–Crippen MR) is 128 cm³/mol. The second-order valence-corrected chi connectivity index (χ2v) is 11.2. The van der Waals surface area contributed by atoms with Crippen molar-refractivity contribution in [1.29, 1.82) is 0 Å². The molecule has 0 atom stereocenters. The topological polar surface area (TPSA) is 84.3 Å². The minimum absolute atomic E-state index is 0.142. The Morgan fingerprint density at radius 1 is 1.06 bits per heavy atom. The molecule has 180 valence electrons. The van der Waals surface area contributed by atoms with Gasteiger partial charge in [0.05, 0.1) is 21.6 Å². The molecule has 1 amide bonds. The van der Waals surface area contributed by atoms with E-state index >= 15 is 0 Å².